The van der Waals surface area contributed by atoms with Gasteiger partial charge in [0, 0.05) is 19.2 Å². The number of aromatic nitrogens is 3. The standard InChI is InChI=1S/C25H35ClF2N4O3/c1-6-18-31-19(22(33)30-14-25(34)9-7-15(2)8-10-25)20(26)32(18)21-17(35-23(27)28)11-16(13-29-21)12-24(3,4)5/h11,13,15,23,34H,6-10,12,14H2,1-5H3,(H,30,33). The van der Waals surface area contributed by atoms with Crippen LogP contribution in [0.4, 0.5) is 8.78 Å². The Labute approximate surface area is 210 Å². The first-order valence-corrected chi connectivity index (χ1v) is 12.4. The lowest BCUT2D eigenvalue weighted by atomic mass is 9.79. The van der Waals surface area contributed by atoms with E-state index in [0.717, 1.165) is 18.4 Å². The second-order valence-electron chi connectivity index (χ2n) is 10.7. The number of ether oxygens (including phenoxy) is 1. The largest absolute Gasteiger partial charge is 0.431 e. The summed E-state index contributed by atoms with van der Waals surface area (Å²) in [6.45, 7) is 7.08. The summed E-state index contributed by atoms with van der Waals surface area (Å²) in [4.78, 5) is 21.7. The first-order valence-electron chi connectivity index (χ1n) is 12.0. The number of imidazole rings is 1. The number of alkyl halides is 2. The van der Waals surface area contributed by atoms with E-state index < -0.39 is 18.1 Å². The van der Waals surface area contributed by atoms with Crippen molar-refractivity contribution in [1.82, 2.24) is 19.9 Å². The zero-order valence-electron chi connectivity index (χ0n) is 21.0. The highest BCUT2D eigenvalue weighted by Gasteiger charge is 2.33. The molecule has 2 heterocycles. The third-order valence-corrected chi connectivity index (χ3v) is 6.60. The monoisotopic (exact) mass is 512 g/mol. The number of hydrogen-bond donors (Lipinski definition) is 2. The SMILES string of the molecule is CCc1nc(C(=O)NCC2(O)CCC(C)CC2)c(Cl)n1-c1ncc(CC(C)(C)C)cc1OC(F)F. The zero-order valence-corrected chi connectivity index (χ0v) is 21.8. The third-order valence-electron chi connectivity index (χ3n) is 6.26. The Bertz CT molecular complexity index is 1040. The minimum absolute atomic E-state index is 0.0382. The number of nitrogens with one attached hydrogen (secondary N) is 1. The number of rotatable bonds is 8. The predicted molar refractivity (Wildman–Crippen MR) is 130 cm³/mol. The Morgan fingerprint density at radius 1 is 1.37 bits per heavy atom. The lowest BCUT2D eigenvalue weighted by Crippen LogP contribution is -2.45. The maximum Gasteiger partial charge on any atom is 0.387 e. The number of nitrogens with zero attached hydrogens (tertiary/aromatic N) is 3. The minimum atomic E-state index is -3.06. The van der Waals surface area contributed by atoms with Crippen molar-refractivity contribution in [2.75, 3.05) is 6.54 Å². The molecule has 7 nitrogen and oxygen atoms in total. The summed E-state index contributed by atoms with van der Waals surface area (Å²) in [7, 11) is 0. The van der Waals surface area contributed by atoms with Crippen LogP contribution < -0.4 is 10.1 Å². The van der Waals surface area contributed by atoms with E-state index >= 15 is 0 Å². The summed E-state index contributed by atoms with van der Waals surface area (Å²) in [6.07, 6.45) is 5.57. The van der Waals surface area contributed by atoms with Crippen molar-refractivity contribution >= 4 is 17.5 Å². The maximum absolute atomic E-state index is 13.2. The highest BCUT2D eigenvalue weighted by Crippen LogP contribution is 2.33. The van der Waals surface area contributed by atoms with Gasteiger partial charge in [0.05, 0.1) is 5.60 Å². The van der Waals surface area contributed by atoms with E-state index in [1.165, 1.54) is 10.6 Å². The molecule has 2 N–H and O–H groups in total. The van der Waals surface area contributed by atoms with Crippen LogP contribution in [0.5, 0.6) is 5.75 Å². The van der Waals surface area contributed by atoms with Gasteiger partial charge < -0.3 is 15.2 Å². The van der Waals surface area contributed by atoms with E-state index in [-0.39, 0.29) is 34.4 Å². The van der Waals surface area contributed by atoms with E-state index in [1.54, 1.807) is 6.20 Å². The Kier molecular flexibility index (Phi) is 8.42. The topological polar surface area (TPSA) is 89.3 Å². The van der Waals surface area contributed by atoms with Gasteiger partial charge in [-0.3, -0.25) is 9.36 Å². The average molecular weight is 513 g/mol. The number of pyridine rings is 1. The number of amides is 1. The van der Waals surface area contributed by atoms with Gasteiger partial charge in [-0.15, -0.1) is 0 Å². The Morgan fingerprint density at radius 3 is 2.60 bits per heavy atom. The normalized spacial score (nSPS) is 20.8. The molecule has 0 bridgehead atoms. The van der Waals surface area contributed by atoms with E-state index in [0.29, 0.717) is 37.4 Å². The molecule has 0 aromatic carbocycles. The molecular weight excluding hydrogens is 478 g/mol. The van der Waals surface area contributed by atoms with Crippen LogP contribution in [-0.4, -0.2) is 44.3 Å². The van der Waals surface area contributed by atoms with Crippen molar-refractivity contribution in [3.63, 3.8) is 0 Å². The Hall–Kier alpha value is -2.26. The molecular formula is C25H35ClF2N4O3. The summed E-state index contributed by atoms with van der Waals surface area (Å²) in [5.74, 6) is 0.275. The molecule has 0 unspecified atom stereocenters. The summed E-state index contributed by atoms with van der Waals surface area (Å²) in [5, 5.41) is 13.5. The minimum Gasteiger partial charge on any atom is -0.431 e. The lowest BCUT2D eigenvalue weighted by Gasteiger charge is -2.34. The van der Waals surface area contributed by atoms with Crippen molar-refractivity contribution in [3.8, 4) is 11.6 Å². The molecule has 10 heteroatoms. The van der Waals surface area contributed by atoms with Crippen molar-refractivity contribution in [1.29, 1.82) is 0 Å². The number of carbonyl (C=O) groups is 1. The summed E-state index contributed by atoms with van der Waals surface area (Å²) >= 11 is 6.56. The van der Waals surface area contributed by atoms with Crippen LogP contribution in [-0.2, 0) is 12.8 Å². The average Bonchev–Trinajstić information content (AvgIpc) is 3.09. The van der Waals surface area contributed by atoms with Crippen LogP contribution in [0.2, 0.25) is 5.15 Å². The van der Waals surface area contributed by atoms with E-state index in [2.05, 4.69) is 22.2 Å². The maximum atomic E-state index is 13.2. The molecule has 3 rings (SSSR count). The van der Waals surface area contributed by atoms with Gasteiger partial charge in [0.2, 0.25) is 0 Å². The quantitative estimate of drug-likeness (QED) is 0.498. The van der Waals surface area contributed by atoms with Crippen LogP contribution in [0.1, 0.15) is 82.2 Å². The zero-order chi connectivity index (χ0) is 26.0. The second-order valence-corrected chi connectivity index (χ2v) is 11.1. The molecule has 1 aliphatic carbocycles. The van der Waals surface area contributed by atoms with Gasteiger partial charge in [-0.2, -0.15) is 8.78 Å². The van der Waals surface area contributed by atoms with E-state index in [1.807, 2.05) is 27.7 Å². The van der Waals surface area contributed by atoms with Gasteiger partial charge in [0.25, 0.3) is 5.91 Å². The fourth-order valence-electron chi connectivity index (χ4n) is 4.38. The molecule has 1 aliphatic rings. The van der Waals surface area contributed by atoms with Gasteiger partial charge in [0.1, 0.15) is 11.0 Å². The molecule has 1 saturated carbocycles. The molecule has 0 saturated heterocycles. The van der Waals surface area contributed by atoms with Gasteiger partial charge in [-0.1, -0.05) is 46.2 Å². The van der Waals surface area contributed by atoms with Crippen LogP contribution in [0.25, 0.3) is 5.82 Å². The molecule has 35 heavy (non-hydrogen) atoms. The van der Waals surface area contributed by atoms with E-state index in [9.17, 15) is 18.7 Å². The van der Waals surface area contributed by atoms with Crippen molar-refractivity contribution in [2.45, 2.75) is 85.4 Å². The summed E-state index contributed by atoms with van der Waals surface area (Å²) < 4.78 is 32.6. The highest BCUT2D eigenvalue weighted by atomic mass is 35.5. The number of hydrogen-bond acceptors (Lipinski definition) is 5. The summed E-state index contributed by atoms with van der Waals surface area (Å²) in [5.41, 5.74) is -0.370. The molecule has 2 aromatic heterocycles. The Balaban J connectivity index is 1.91. The molecule has 1 amide bonds. The number of carbonyl (C=O) groups excluding carboxylic acids is 1. The van der Waals surface area contributed by atoms with Crippen molar-refractivity contribution in [2.24, 2.45) is 11.3 Å². The van der Waals surface area contributed by atoms with Crippen LogP contribution >= 0.6 is 11.6 Å². The smallest absolute Gasteiger partial charge is 0.387 e. The van der Waals surface area contributed by atoms with Crippen LogP contribution in [0.3, 0.4) is 0 Å². The van der Waals surface area contributed by atoms with Crippen LogP contribution in [0.15, 0.2) is 12.3 Å². The molecule has 2 aromatic rings. The molecule has 0 spiro atoms. The van der Waals surface area contributed by atoms with Crippen LogP contribution in [0, 0.1) is 11.3 Å². The Morgan fingerprint density at radius 2 is 2.03 bits per heavy atom. The fourth-order valence-corrected chi connectivity index (χ4v) is 4.69. The first kappa shape index (κ1) is 27.3. The number of halogens is 3. The fraction of sp³-hybridized carbons (Fsp3) is 0.640. The second kappa shape index (κ2) is 10.8. The molecule has 1 fully saturated rings. The lowest BCUT2D eigenvalue weighted by molar-refractivity contribution is -0.0501. The summed E-state index contributed by atoms with van der Waals surface area (Å²) in [6, 6.07) is 1.52. The third kappa shape index (κ3) is 6.91. The molecule has 0 aliphatic heterocycles. The molecule has 0 atom stereocenters. The van der Waals surface area contributed by atoms with E-state index in [4.69, 9.17) is 16.3 Å². The predicted octanol–water partition coefficient (Wildman–Crippen LogP) is 5.34. The molecule has 194 valence electrons. The van der Waals surface area contributed by atoms with Crippen molar-refractivity contribution in [3.05, 3.63) is 34.5 Å². The molecule has 0 radical (unpaired) electrons. The number of aryl methyl sites for hydroxylation is 1. The number of aliphatic hydroxyl groups is 1. The van der Waals surface area contributed by atoms with Gasteiger partial charge in [-0.05, 0) is 55.1 Å². The van der Waals surface area contributed by atoms with Gasteiger partial charge >= 0.3 is 6.61 Å². The first-order chi connectivity index (χ1) is 16.3. The van der Waals surface area contributed by atoms with Gasteiger partial charge in [0.15, 0.2) is 17.3 Å². The van der Waals surface area contributed by atoms with Gasteiger partial charge in [-0.25, -0.2) is 9.97 Å². The van der Waals surface area contributed by atoms with Crippen molar-refractivity contribution < 1.29 is 23.4 Å². The highest BCUT2D eigenvalue weighted by molar-refractivity contribution is 6.32.